The number of carbonyl (C=O) groups excluding carboxylic acids is 2. The molecule has 0 spiro atoms. The third kappa shape index (κ3) is 6.06. The van der Waals surface area contributed by atoms with Gasteiger partial charge in [0.2, 0.25) is 11.8 Å². The monoisotopic (exact) mass is 215 g/mol. The lowest BCUT2D eigenvalue weighted by molar-refractivity contribution is -0.136. The van der Waals surface area contributed by atoms with Crippen molar-refractivity contribution in [2.45, 2.75) is 26.2 Å². The van der Waals surface area contributed by atoms with E-state index in [0.29, 0.717) is 25.9 Å². The van der Waals surface area contributed by atoms with Gasteiger partial charge in [-0.2, -0.15) is 0 Å². The Morgan fingerprint density at radius 2 is 2.07 bits per heavy atom. The van der Waals surface area contributed by atoms with Crippen molar-refractivity contribution < 1.29 is 9.59 Å². The number of carbonyl (C=O) groups is 2. The molecule has 15 heavy (non-hydrogen) atoms. The maximum Gasteiger partial charge on any atom is 0.239 e. The highest BCUT2D eigenvalue weighted by molar-refractivity contribution is 5.84. The first-order valence-electron chi connectivity index (χ1n) is 5.34. The highest BCUT2D eigenvalue weighted by atomic mass is 16.2. The van der Waals surface area contributed by atoms with Gasteiger partial charge in [0.25, 0.3) is 0 Å². The Balaban J connectivity index is 4.11. The molecule has 0 aromatic carbocycles. The molecule has 0 atom stereocenters. The molecule has 0 aliphatic heterocycles. The van der Waals surface area contributed by atoms with Gasteiger partial charge in [0.15, 0.2) is 0 Å². The molecule has 0 aromatic rings. The van der Waals surface area contributed by atoms with Crippen LogP contribution in [-0.4, -0.2) is 43.4 Å². The zero-order valence-electron chi connectivity index (χ0n) is 9.58. The van der Waals surface area contributed by atoms with E-state index in [-0.39, 0.29) is 18.4 Å². The zero-order valence-corrected chi connectivity index (χ0v) is 9.58. The first kappa shape index (κ1) is 13.9. The van der Waals surface area contributed by atoms with Crippen molar-refractivity contribution in [3.63, 3.8) is 0 Å². The third-order valence-electron chi connectivity index (χ3n) is 2.05. The molecule has 0 aliphatic carbocycles. The molecule has 5 nitrogen and oxygen atoms in total. The van der Waals surface area contributed by atoms with Gasteiger partial charge in [0, 0.05) is 20.0 Å². The zero-order chi connectivity index (χ0) is 11.7. The minimum Gasteiger partial charge on any atom is -0.358 e. The Morgan fingerprint density at radius 3 is 2.53 bits per heavy atom. The molecule has 0 aromatic heterocycles. The van der Waals surface area contributed by atoms with E-state index in [1.807, 2.05) is 6.92 Å². The minimum absolute atomic E-state index is 0.00546. The largest absolute Gasteiger partial charge is 0.358 e. The van der Waals surface area contributed by atoms with Crippen LogP contribution in [0.1, 0.15) is 26.2 Å². The van der Waals surface area contributed by atoms with Gasteiger partial charge in [0.1, 0.15) is 0 Å². The topological polar surface area (TPSA) is 75.4 Å². The summed E-state index contributed by atoms with van der Waals surface area (Å²) >= 11 is 0. The molecule has 0 aliphatic rings. The average Bonchev–Trinajstić information content (AvgIpc) is 2.24. The summed E-state index contributed by atoms with van der Waals surface area (Å²) in [5.74, 6) is -0.129. The summed E-state index contributed by atoms with van der Waals surface area (Å²) < 4.78 is 0. The Hall–Kier alpha value is -1.10. The lowest BCUT2D eigenvalue weighted by atomic mass is 10.2. The molecule has 0 saturated heterocycles. The highest BCUT2D eigenvalue weighted by Crippen LogP contribution is 1.98. The van der Waals surface area contributed by atoms with Gasteiger partial charge in [-0.25, -0.2) is 0 Å². The number of amides is 2. The maximum absolute atomic E-state index is 11.6. The summed E-state index contributed by atoms with van der Waals surface area (Å²) in [5.41, 5.74) is 5.33. The fraction of sp³-hybridized carbons (Fsp3) is 0.800. The quantitative estimate of drug-likeness (QED) is 0.613. The van der Waals surface area contributed by atoms with Crippen LogP contribution in [0, 0.1) is 0 Å². The van der Waals surface area contributed by atoms with Crippen molar-refractivity contribution in [1.82, 2.24) is 10.2 Å². The Kier molecular flexibility index (Phi) is 7.62. The molecular weight excluding hydrogens is 194 g/mol. The number of nitrogens with one attached hydrogen (secondary N) is 1. The van der Waals surface area contributed by atoms with Crippen molar-refractivity contribution in [3.05, 3.63) is 0 Å². The molecule has 0 heterocycles. The molecule has 3 N–H and O–H groups in total. The Bertz CT molecular complexity index is 207. The standard InChI is InChI=1S/C10H21N3O2/c1-3-7-13(8-9(14)12-2)10(15)5-4-6-11/h3-8,11H2,1-2H3,(H,12,14). The van der Waals surface area contributed by atoms with E-state index in [9.17, 15) is 9.59 Å². The van der Waals surface area contributed by atoms with Gasteiger partial charge in [-0.3, -0.25) is 9.59 Å². The van der Waals surface area contributed by atoms with E-state index < -0.39 is 0 Å². The summed E-state index contributed by atoms with van der Waals surface area (Å²) in [6.07, 6.45) is 1.95. The molecule has 0 saturated carbocycles. The van der Waals surface area contributed by atoms with Crippen LogP contribution >= 0.6 is 0 Å². The molecule has 0 fully saturated rings. The molecule has 0 radical (unpaired) electrons. The van der Waals surface area contributed by atoms with E-state index in [1.54, 1.807) is 11.9 Å². The van der Waals surface area contributed by atoms with Gasteiger partial charge in [-0.15, -0.1) is 0 Å². The van der Waals surface area contributed by atoms with Crippen molar-refractivity contribution >= 4 is 11.8 Å². The van der Waals surface area contributed by atoms with Crippen LogP contribution in [0.2, 0.25) is 0 Å². The summed E-state index contributed by atoms with van der Waals surface area (Å²) in [6.45, 7) is 3.25. The molecule has 5 heteroatoms. The Labute approximate surface area is 91.0 Å². The fourth-order valence-corrected chi connectivity index (χ4v) is 1.23. The number of likely N-dealkylation sites (N-methyl/N-ethyl adjacent to an activating group) is 1. The van der Waals surface area contributed by atoms with Crippen LogP contribution in [0.25, 0.3) is 0 Å². The van der Waals surface area contributed by atoms with E-state index in [4.69, 9.17) is 5.73 Å². The molecule has 2 amide bonds. The molecule has 0 bridgehead atoms. The highest BCUT2D eigenvalue weighted by Gasteiger charge is 2.14. The summed E-state index contributed by atoms with van der Waals surface area (Å²) in [5, 5.41) is 2.51. The lowest BCUT2D eigenvalue weighted by Gasteiger charge is -2.21. The van der Waals surface area contributed by atoms with Gasteiger partial charge in [0.05, 0.1) is 6.54 Å². The molecule has 0 unspecified atom stereocenters. The maximum atomic E-state index is 11.6. The minimum atomic E-state index is -0.135. The van der Waals surface area contributed by atoms with Crippen molar-refractivity contribution in [2.24, 2.45) is 5.73 Å². The summed E-state index contributed by atoms with van der Waals surface area (Å²) in [4.78, 5) is 24.4. The van der Waals surface area contributed by atoms with Crippen LogP contribution in [-0.2, 0) is 9.59 Å². The third-order valence-corrected chi connectivity index (χ3v) is 2.05. The Morgan fingerprint density at radius 1 is 1.40 bits per heavy atom. The number of hydrogen-bond donors (Lipinski definition) is 2. The van der Waals surface area contributed by atoms with Gasteiger partial charge < -0.3 is 16.0 Å². The average molecular weight is 215 g/mol. The predicted octanol–water partition coefficient (Wildman–Crippen LogP) is -0.290. The molecule has 0 rings (SSSR count). The van der Waals surface area contributed by atoms with Crippen LogP contribution in [0.5, 0.6) is 0 Å². The van der Waals surface area contributed by atoms with Gasteiger partial charge >= 0.3 is 0 Å². The lowest BCUT2D eigenvalue weighted by Crippen LogP contribution is -2.40. The normalized spacial score (nSPS) is 9.80. The van der Waals surface area contributed by atoms with Gasteiger partial charge in [-0.1, -0.05) is 6.92 Å². The van der Waals surface area contributed by atoms with E-state index in [1.165, 1.54) is 0 Å². The fourth-order valence-electron chi connectivity index (χ4n) is 1.23. The SMILES string of the molecule is CCCN(CC(=O)NC)C(=O)CCCN. The van der Waals surface area contributed by atoms with Crippen molar-refractivity contribution in [3.8, 4) is 0 Å². The second-order valence-electron chi connectivity index (χ2n) is 3.38. The van der Waals surface area contributed by atoms with Crippen molar-refractivity contribution in [2.75, 3.05) is 26.7 Å². The van der Waals surface area contributed by atoms with Gasteiger partial charge in [-0.05, 0) is 19.4 Å². The van der Waals surface area contributed by atoms with E-state index >= 15 is 0 Å². The van der Waals surface area contributed by atoms with Crippen LogP contribution in [0.4, 0.5) is 0 Å². The summed E-state index contributed by atoms with van der Waals surface area (Å²) in [7, 11) is 1.57. The number of rotatable bonds is 7. The van der Waals surface area contributed by atoms with E-state index in [0.717, 1.165) is 6.42 Å². The predicted molar refractivity (Wildman–Crippen MR) is 59.2 cm³/mol. The number of hydrogen-bond acceptors (Lipinski definition) is 3. The van der Waals surface area contributed by atoms with Crippen LogP contribution < -0.4 is 11.1 Å². The van der Waals surface area contributed by atoms with E-state index in [2.05, 4.69) is 5.32 Å². The number of nitrogens with zero attached hydrogens (tertiary/aromatic N) is 1. The van der Waals surface area contributed by atoms with Crippen LogP contribution in [0.3, 0.4) is 0 Å². The molecular formula is C10H21N3O2. The van der Waals surface area contributed by atoms with Crippen molar-refractivity contribution in [1.29, 1.82) is 0 Å². The second kappa shape index (κ2) is 8.23. The second-order valence-corrected chi connectivity index (χ2v) is 3.38. The molecule has 88 valence electrons. The first-order chi connectivity index (χ1) is 7.15. The number of nitrogens with two attached hydrogens (primary N) is 1. The first-order valence-corrected chi connectivity index (χ1v) is 5.34. The summed E-state index contributed by atoms with van der Waals surface area (Å²) in [6, 6.07) is 0. The smallest absolute Gasteiger partial charge is 0.239 e. The van der Waals surface area contributed by atoms with Crippen LogP contribution in [0.15, 0.2) is 0 Å².